The summed E-state index contributed by atoms with van der Waals surface area (Å²) in [5.41, 5.74) is 16.8. The summed E-state index contributed by atoms with van der Waals surface area (Å²) in [6.07, 6.45) is 2.37. The quantitative estimate of drug-likeness (QED) is 0.0700. The molecule has 62 heavy (non-hydrogen) atoms. The van der Waals surface area contributed by atoms with Crippen molar-refractivity contribution in [3.8, 4) is 44.5 Å². The van der Waals surface area contributed by atoms with Gasteiger partial charge in [0.1, 0.15) is 12.2 Å². The molecule has 2 fully saturated rings. The molecule has 4 aliphatic rings. The van der Waals surface area contributed by atoms with E-state index in [1.165, 1.54) is 105 Å². The van der Waals surface area contributed by atoms with Gasteiger partial charge in [-0.25, -0.2) is 0 Å². The van der Waals surface area contributed by atoms with Gasteiger partial charge in [-0.2, -0.15) is 0 Å². The molecule has 12 rings (SSSR count). The van der Waals surface area contributed by atoms with Crippen molar-refractivity contribution in [2.24, 2.45) is 0 Å². The van der Waals surface area contributed by atoms with Crippen molar-refractivity contribution in [3.63, 3.8) is 0 Å². The molecule has 4 heteroatoms. The van der Waals surface area contributed by atoms with Crippen LogP contribution in [0.5, 0.6) is 0 Å². The second-order valence-electron chi connectivity index (χ2n) is 20.1. The Kier molecular flexibility index (Phi) is 8.70. The summed E-state index contributed by atoms with van der Waals surface area (Å²) in [6.45, 7) is 16.0. The highest BCUT2D eigenvalue weighted by molar-refractivity contribution is 6.25. The van der Waals surface area contributed by atoms with Gasteiger partial charge in [0.25, 0.3) is 0 Å². The Bertz CT molecular complexity index is 3050. The van der Waals surface area contributed by atoms with Crippen LogP contribution in [0, 0.1) is 0 Å². The Morgan fingerprint density at radius 2 is 1.10 bits per heavy atom. The molecule has 4 nitrogen and oxygen atoms in total. The minimum Gasteiger partial charge on any atom is -0.379 e. The highest BCUT2D eigenvalue weighted by Gasteiger charge is 2.44. The van der Waals surface area contributed by atoms with E-state index in [2.05, 4.69) is 162 Å². The van der Waals surface area contributed by atoms with E-state index in [1.807, 2.05) is 0 Å². The van der Waals surface area contributed by atoms with Crippen molar-refractivity contribution >= 4 is 32.3 Å². The van der Waals surface area contributed by atoms with Crippen LogP contribution >= 0.6 is 0 Å². The van der Waals surface area contributed by atoms with Crippen molar-refractivity contribution in [1.29, 1.82) is 0 Å². The molecule has 2 heterocycles. The molecule has 8 aromatic carbocycles. The first-order valence-corrected chi connectivity index (χ1v) is 22.7. The lowest BCUT2D eigenvalue weighted by Gasteiger charge is -2.32. The fourth-order valence-corrected chi connectivity index (χ4v) is 11.1. The van der Waals surface area contributed by atoms with Gasteiger partial charge in [0.05, 0.1) is 33.0 Å². The van der Waals surface area contributed by atoms with Crippen molar-refractivity contribution in [1.82, 2.24) is 0 Å². The van der Waals surface area contributed by atoms with Gasteiger partial charge in [0.15, 0.2) is 0 Å². The first kappa shape index (κ1) is 38.3. The van der Waals surface area contributed by atoms with Crippen LogP contribution in [0.3, 0.4) is 0 Å². The van der Waals surface area contributed by atoms with Crippen LogP contribution in [0.4, 0.5) is 0 Å². The molecule has 0 bridgehead atoms. The molecule has 2 aliphatic heterocycles. The van der Waals surface area contributed by atoms with Crippen molar-refractivity contribution < 1.29 is 18.9 Å². The van der Waals surface area contributed by atoms with Crippen molar-refractivity contribution in [2.75, 3.05) is 39.6 Å². The standard InChI is InChI=1S/C58H54O4/c1-56(2,3)41-25-39-12-11-35-13-18-44(49-22-17-40(26-41)54(39)55(35)49)38-16-21-47-46-19-14-36(27-51(46)57(4,5)52(47)29-38)37-15-20-48-45-9-6-7-10-50(45)58(53(48)28-37,34-60-31-43-33-62-43)23-8-24-59-30-42-32-61-42/h6-7,9-22,25-29,42-43H,8,23-24,30-34H2,1-5H3. The minimum absolute atomic E-state index is 0.0897. The normalized spacial score (nSPS) is 20.5. The van der Waals surface area contributed by atoms with E-state index >= 15 is 0 Å². The molecule has 2 saturated heterocycles. The van der Waals surface area contributed by atoms with Gasteiger partial charge >= 0.3 is 0 Å². The number of benzene rings is 8. The van der Waals surface area contributed by atoms with Crippen LogP contribution in [0.15, 0.2) is 127 Å². The summed E-state index contributed by atoms with van der Waals surface area (Å²) in [6, 6.07) is 49.3. The number of ether oxygens (including phenoxy) is 4. The summed E-state index contributed by atoms with van der Waals surface area (Å²) in [5.74, 6) is 0. The predicted molar refractivity (Wildman–Crippen MR) is 254 cm³/mol. The zero-order valence-electron chi connectivity index (χ0n) is 36.6. The fraction of sp³-hybridized carbons (Fsp3) is 0.310. The molecular formula is C58H54O4. The molecule has 0 saturated carbocycles. The first-order chi connectivity index (χ1) is 30.1. The zero-order valence-corrected chi connectivity index (χ0v) is 36.6. The van der Waals surface area contributed by atoms with E-state index in [9.17, 15) is 0 Å². The first-order valence-electron chi connectivity index (χ1n) is 22.7. The Hall–Kier alpha value is -5.36. The minimum atomic E-state index is -0.278. The van der Waals surface area contributed by atoms with Crippen molar-refractivity contribution in [2.45, 2.75) is 75.9 Å². The monoisotopic (exact) mass is 814 g/mol. The lowest BCUT2D eigenvalue weighted by atomic mass is 9.74. The van der Waals surface area contributed by atoms with Gasteiger partial charge in [-0.3, -0.25) is 0 Å². The zero-order chi connectivity index (χ0) is 42.0. The van der Waals surface area contributed by atoms with Gasteiger partial charge in [0, 0.05) is 17.4 Å². The number of fused-ring (bicyclic) bond motifs is 6. The summed E-state index contributed by atoms with van der Waals surface area (Å²) < 4.78 is 23.6. The number of hydrogen-bond donors (Lipinski definition) is 0. The molecule has 3 unspecified atom stereocenters. The van der Waals surface area contributed by atoms with Gasteiger partial charge in [-0.05, 0) is 141 Å². The van der Waals surface area contributed by atoms with Crippen LogP contribution < -0.4 is 0 Å². The Balaban J connectivity index is 0.901. The van der Waals surface area contributed by atoms with E-state index in [4.69, 9.17) is 18.9 Å². The largest absolute Gasteiger partial charge is 0.379 e. The Morgan fingerprint density at radius 3 is 1.79 bits per heavy atom. The summed E-state index contributed by atoms with van der Waals surface area (Å²) >= 11 is 0. The number of rotatable bonds is 12. The molecule has 310 valence electrons. The lowest BCUT2D eigenvalue weighted by Crippen LogP contribution is -2.32. The van der Waals surface area contributed by atoms with Crippen LogP contribution in [-0.2, 0) is 35.2 Å². The number of epoxide rings is 2. The third-order valence-electron chi connectivity index (χ3n) is 14.7. The second-order valence-corrected chi connectivity index (χ2v) is 20.1. The van der Waals surface area contributed by atoms with Crippen molar-refractivity contribution in [3.05, 3.63) is 155 Å². The van der Waals surface area contributed by atoms with E-state index in [1.54, 1.807) is 0 Å². The van der Waals surface area contributed by atoms with Crippen LogP contribution in [0.2, 0.25) is 0 Å². The smallest absolute Gasteiger partial charge is 0.104 e. The van der Waals surface area contributed by atoms with Gasteiger partial charge < -0.3 is 18.9 Å². The fourth-order valence-electron chi connectivity index (χ4n) is 11.1. The molecule has 0 N–H and O–H groups in total. The maximum atomic E-state index is 6.56. The molecular weight excluding hydrogens is 761 g/mol. The van der Waals surface area contributed by atoms with Crippen LogP contribution in [-0.4, -0.2) is 51.8 Å². The van der Waals surface area contributed by atoms with Gasteiger partial charge in [-0.1, -0.05) is 144 Å². The summed E-state index contributed by atoms with van der Waals surface area (Å²) in [5, 5.41) is 8.01. The van der Waals surface area contributed by atoms with Crippen LogP contribution in [0.25, 0.3) is 76.8 Å². The molecule has 2 aliphatic carbocycles. The highest BCUT2D eigenvalue weighted by atomic mass is 16.6. The SMILES string of the molecule is CC(C)(C)c1cc2ccc3ccc(-c4ccc5c(c4)C(C)(C)c4cc(-c6ccc7c(c6)C(CCCOCC6CO6)(COCC6CO6)c6ccccc6-7)ccc4-5)c4ccc(c1)c2c34. The average molecular weight is 815 g/mol. The maximum absolute atomic E-state index is 6.56. The molecule has 8 aromatic rings. The van der Waals surface area contributed by atoms with E-state index in [0.29, 0.717) is 26.4 Å². The predicted octanol–water partition coefficient (Wildman–Crippen LogP) is 13.4. The molecule has 0 radical (unpaired) electrons. The van der Waals surface area contributed by atoms with Gasteiger partial charge in [-0.15, -0.1) is 0 Å². The Morgan fingerprint density at radius 1 is 0.548 bits per heavy atom. The highest BCUT2D eigenvalue weighted by Crippen LogP contribution is 2.54. The Labute approximate surface area is 365 Å². The molecule has 0 spiro atoms. The molecule has 3 atom stereocenters. The maximum Gasteiger partial charge on any atom is 0.104 e. The van der Waals surface area contributed by atoms with Crippen LogP contribution in [0.1, 0.15) is 75.3 Å². The van der Waals surface area contributed by atoms with Gasteiger partial charge in [0.2, 0.25) is 0 Å². The van der Waals surface area contributed by atoms with E-state index in [0.717, 1.165) is 26.1 Å². The van der Waals surface area contributed by atoms with E-state index in [-0.39, 0.29) is 28.5 Å². The third-order valence-corrected chi connectivity index (χ3v) is 14.7. The molecule has 0 amide bonds. The lowest BCUT2D eigenvalue weighted by molar-refractivity contribution is 0.0713. The van der Waals surface area contributed by atoms with E-state index < -0.39 is 0 Å². The number of hydrogen-bond acceptors (Lipinski definition) is 4. The topological polar surface area (TPSA) is 43.5 Å². The third kappa shape index (κ3) is 6.17. The average Bonchev–Trinajstić information content (AvgIpc) is 4.23. The summed E-state index contributed by atoms with van der Waals surface area (Å²) in [7, 11) is 0. The molecule has 0 aromatic heterocycles. The second kappa shape index (κ2) is 14.1. The summed E-state index contributed by atoms with van der Waals surface area (Å²) in [4.78, 5) is 0.